The van der Waals surface area contributed by atoms with E-state index >= 15 is 0 Å². The van der Waals surface area contributed by atoms with Crippen LogP contribution in [-0.2, 0) is 0 Å². The molecular formula is C19H31N7. The lowest BCUT2D eigenvalue weighted by molar-refractivity contribution is 0.548. The number of hydrazine groups is 1. The van der Waals surface area contributed by atoms with Crippen LogP contribution in [0, 0.1) is 11.8 Å². The van der Waals surface area contributed by atoms with E-state index in [1.807, 2.05) is 19.2 Å². The first-order valence-corrected chi connectivity index (χ1v) is 9.56. The summed E-state index contributed by atoms with van der Waals surface area (Å²) in [4.78, 5) is 11.3. The van der Waals surface area contributed by atoms with E-state index in [4.69, 9.17) is 5.84 Å². The molecular weight excluding hydrogens is 326 g/mol. The van der Waals surface area contributed by atoms with Gasteiger partial charge in [-0.1, -0.05) is 19.4 Å². The van der Waals surface area contributed by atoms with Crippen LogP contribution in [0.1, 0.15) is 32.1 Å². The summed E-state index contributed by atoms with van der Waals surface area (Å²) >= 11 is 0. The maximum Gasteiger partial charge on any atom is 0.227 e. The normalized spacial score (nSPS) is 21.2. The number of aromatic nitrogens is 2. The van der Waals surface area contributed by atoms with E-state index in [0.717, 1.165) is 42.8 Å². The summed E-state index contributed by atoms with van der Waals surface area (Å²) in [5.74, 6) is 8.41. The van der Waals surface area contributed by atoms with Gasteiger partial charge in [-0.2, -0.15) is 4.98 Å². The SMILES string of the molecule is C=C(/C=C(\NN)C1CCCC1)Nc1ccnc(N2CC[C@@H](CNC)C2)n1. The Morgan fingerprint density at radius 2 is 2.19 bits per heavy atom. The first kappa shape index (κ1) is 18.7. The highest BCUT2D eigenvalue weighted by atomic mass is 15.3. The Hall–Kier alpha value is -2.12. The molecule has 26 heavy (non-hydrogen) atoms. The molecule has 0 radical (unpaired) electrons. The second-order valence-electron chi connectivity index (χ2n) is 7.28. The number of nitrogens with one attached hydrogen (secondary N) is 3. The van der Waals surface area contributed by atoms with Crippen LogP contribution in [0.4, 0.5) is 11.8 Å². The number of rotatable bonds is 8. The third kappa shape index (κ3) is 4.74. The van der Waals surface area contributed by atoms with Crippen molar-refractivity contribution in [3.63, 3.8) is 0 Å². The van der Waals surface area contributed by atoms with Gasteiger partial charge in [0.25, 0.3) is 0 Å². The molecule has 1 saturated carbocycles. The number of nitrogens with zero attached hydrogens (tertiary/aromatic N) is 3. The van der Waals surface area contributed by atoms with Crippen molar-refractivity contribution < 1.29 is 0 Å². The molecule has 0 amide bonds. The largest absolute Gasteiger partial charge is 0.341 e. The van der Waals surface area contributed by atoms with E-state index in [-0.39, 0.29) is 0 Å². The summed E-state index contributed by atoms with van der Waals surface area (Å²) < 4.78 is 0. The van der Waals surface area contributed by atoms with Crippen LogP contribution in [0.5, 0.6) is 0 Å². The molecule has 1 aromatic heterocycles. The second kappa shape index (κ2) is 9.00. The van der Waals surface area contributed by atoms with Gasteiger partial charge >= 0.3 is 0 Å². The van der Waals surface area contributed by atoms with Crippen LogP contribution >= 0.6 is 0 Å². The van der Waals surface area contributed by atoms with Crippen LogP contribution in [0.25, 0.3) is 0 Å². The van der Waals surface area contributed by atoms with E-state index in [1.54, 1.807) is 6.20 Å². The van der Waals surface area contributed by atoms with Crippen molar-refractivity contribution in [1.82, 2.24) is 20.7 Å². The minimum Gasteiger partial charge on any atom is -0.341 e. The molecule has 1 aromatic rings. The number of nitrogens with two attached hydrogens (primary N) is 1. The molecule has 2 aliphatic rings. The van der Waals surface area contributed by atoms with Gasteiger partial charge in [-0.3, -0.25) is 5.84 Å². The van der Waals surface area contributed by atoms with Crippen molar-refractivity contribution in [2.45, 2.75) is 32.1 Å². The summed E-state index contributed by atoms with van der Waals surface area (Å²) in [5, 5.41) is 6.53. The molecule has 1 atom stereocenters. The molecule has 1 aliphatic heterocycles. The van der Waals surface area contributed by atoms with Crippen molar-refractivity contribution in [3.05, 3.63) is 36.3 Å². The van der Waals surface area contributed by atoms with Crippen LogP contribution < -0.4 is 26.8 Å². The zero-order valence-electron chi connectivity index (χ0n) is 15.7. The highest BCUT2D eigenvalue weighted by molar-refractivity contribution is 5.48. The molecule has 2 heterocycles. The zero-order chi connectivity index (χ0) is 18.4. The maximum absolute atomic E-state index is 5.71. The molecule has 7 nitrogen and oxygen atoms in total. The third-order valence-electron chi connectivity index (χ3n) is 5.28. The number of anilines is 2. The molecule has 5 N–H and O–H groups in total. The van der Waals surface area contributed by atoms with E-state index in [2.05, 4.69) is 37.5 Å². The molecule has 0 unspecified atom stereocenters. The summed E-state index contributed by atoms with van der Waals surface area (Å²) in [7, 11) is 2.00. The van der Waals surface area contributed by atoms with Crippen molar-refractivity contribution >= 4 is 11.8 Å². The Balaban J connectivity index is 1.62. The Morgan fingerprint density at radius 1 is 1.38 bits per heavy atom. The fourth-order valence-electron chi connectivity index (χ4n) is 3.94. The quantitative estimate of drug-likeness (QED) is 0.321. The van der Waals surface area contributed by atoms with E-state index < -0.39 is 0 Å². The van der Waals surface area contributed by atoms with E-state index in [9.17, 15) is 0 Å². The van der Waals surface area contributed by atoms with Gasteiger partial charge in [0, 0.05) is 36.6 Å². The van der Waals surface area contributed by atoms with Crippen LogP contribution in [0.2, 0.25) is 0 Å². The first-order valence-electron chi connectivity index (χ1n) is 9.56. The smallest absolute Gasteiger partial charge is 0.227 e. The zero-order valence-corrected chi connectivity index (χ0v) is 15.7. The summed E-state index contributed by atoms with van der Waals surface area (Å²) in [5.41, 5.74) is 4.67. The van der Waals surface area contributed by atoms with Crippen molar-refractivity contribution in [1.29, 1.82) is 0 Å². The van der Waals surface area contributed by atoms with Gasteiger partial charge in [0.2, 0.25) is 5.95 Å². The number of allylic oxidation sites excluding steroid dienone is 2. The summed E-state index contributed by atoms with van der Waals surface area (Å²) in [6, 6.07) is 1.87. The molecule has 1 saturated heterocycles. The van der Waals surface area contributed by atoms with Gasteiger partial charge in [-0.05, 0) is 50.9 Å². The van der Waals surface area contributed by atoms with Gasteiger partial charge < -0.3 is 21.0 Å². The fraction of sp³-hybridized carbons (Fsp3) is 0.579. The lowest BCUT2D eigenvalue weighted by Gasteiger charge is -2.18. The molecule has 142 valence electrons. The van der Waals surface area contributed by atoms with E-state index in [1.165, 1.54) is 32.1 Å². The first-order chi connectivity index (χ1) is 12.7. The van der Waals surface area contributed by atoms with Gasteiger partial charge in [0.15, 0.2) is 0 Å². The summed E-state index contributed by atoms with van der Waals surface area (Å²) in [6.45, 7) is 7.13. The van der Waals surface area contributed by atoms with Crippen molar-refractivity contribution in [2.75, 3.05) is 36.9 Å². The average molecular weight is 358 g/mol. The molecule has 1 aliphatic carbocycles. The van der Waals surface area contributed by atoms with Gasteiger partial charge in [0.05, 0.1) is 0 Å². The Bertz CT molecular complexity index is 637. The third-order valence-corrected chi connectivity index (χ3v) is 5.28. The summed E-state index contributed by atoms with van der Waals surface area (Å²) in [6.07, 6.45) is 9.87. The molecule has 3 rings (SSSR count). The highest BCUT2D eigenvalue weighted by Gasteiger charge is 2.24. The van der Waals surface area contributed by atoms with Crippen LogP contribution in [-0.4, -0.2) is 36.6 Å². The lowest BCUT2D eigenvalue weighted by Crippen LogP contribution is -2.26. The number of hydrogen-bond acceptors (Lipinski definition) is 7. The minimum absolute atomic E-state index is 0.508. The molecule has 0 spiro atoms. The number of hydrogen-bond donors (Lipinski definition) is 4. The molecule has 0 bridgehead atoms. The predicted octanol–water partition coefficient (Wildman–Crippen LogP) is 1.99. The Kier molecular flexibility index (Phi) is 6.46. The van der Waals surface area contributed by atoms with Crippen molar-refractivity contribution in [2.24, 2.45) is 17.7 Å². The Labute approximate surface area is 156 Å². The molecule has 7 heteroatoms. The Morgan fingerprint density at radius 3 is 2.92 bits per heavy atom. The predicted molar refractivity (Wildman–Crippen MR) is 106 cm³/mol. The fourth-order valence-corrected chi connectivity index (χ4v) is 3.94. The van der Waals surface area contributed by atoms with Crippen LogP contribution in [0.15, 0.2) is 36.3 Å². The topological polar surface area (TPSA) is 91.1 Å². The van der Waals surface area contributed by atoms with Crippen molar-refractivity contribution in [3.8, 4) is 0 Å². The monoisotopic (exact) mass is 357 g/mol. The van der Waals surface area contributed by atoms with Gasteiger partial charge in [-0.25, -0.2) is 4.98 Å². The molecule has 2 fully saturated rings. The standard InChI is InChI=1S/C19H31N7/c1-14(11-17(25-20)16-5-3-4-6-16)23-18-7-9-22-19(24-18)26-10-8-15(13-26)12-21-2/h7,9,11,15-16,21,25H,1,3-6,8,10,12-13,20H2,2H3,(H,22,23,24)/b17-11-/t15-/m0/s1. The van der Waals surface area contributed by atoms with Crippen LogP contribution in [0.3, 0.4) is 0 Å². The average Bonchev–Trinajstić information content (AvgIpc) is 3.32. The van der Waals surface area contributed by atoms with Gasteiger partial charge in [-0.15, -0.1) is 0 Å². The molecule has 0 aromatic carbocycles. The van der Waals surface area contributed by atoms with Gasteiger partial charge in [0.1, 0.15) is 5.82 Å². The lowest BCUT2D eigenvalue weighted by atomic mass is 10.0. The highest BCUT2D eigenvalue weighted by Crippen LogP contribution is 2.30. The second-order valence-corrected chi connectivity index (χ2v) is 7.28. The van der Waals surface area contributed by atoms with E-state index in [0.29, 0.717) is 11.8 Å². The maximum atomic E-state index is 5.71. The minimum atomic E-state index is 0.508.